The molecular formula is C8H12N4O5. The molecule has 0 aromatic carbocycles. The number of hydrogen-bond acceptors (Lipinski definition) is 6. The predicted molar refractivity (Wildman–Crippen MR) is 58.4 cm³/mol. The van der Waals surface area contributed by atoms with Gasteiger partial charge in [-0.2, -0.15) is 5.10 Å². The highest BCUT2D eigenvalue weighted by atomic mass is 16.6. The van der Waals surface area contributed by atoms with Crippen LogP contribution in [0.2, 0.25) is 0 Å². The SMILES string of the molecule is CCO.NC(=O)N/N=C/c1ccc([N+](=O)[O-])o1. The smallest absolute Gasteiger partial charge is 0.400 e. The molecule has 94 valence electrons. The number of carbonyl (C=O) groups excluding carboxylic acids is 1. The summed E-state index contributed by atoms with van der Waals surface area (Å²) in [6, 6.07) is 1.68. The van der Waals surface area contributed by atoms with Crippen LogP contribution in [-0.4, -0.2) is 28.9 Å². The fourth-order valence-corrected chi connectivity index (χ4v) is 0.669. The van der Waals surface area contributed by atoms with Crippen molar-refractivity contribution in [3.8, 4) is 0 Å². The van der Waals surface area contributed by atoms with Crippen LogP contribution in [0.4, 0.5) is 10.7 Å². The van der Waals surface area contributed by atoms with E-state index in [0.29, 0.717) is 0 Å². The minimum absolute atomic E-state index is 0.144. The highest BCUT2D eigenvalue weighted by Crippen LogP contribution is 2.13. The normalized spacial score (nSPS) is 9.53. The van der Waals surface area contributed by atoms with Crippen molar-refractivity contribution in [3.05, 3.63) is 28.0 Å². The molecule has 0 bridgehead atoms. The topological polar surface area (TPSA) is 144 Å². The third-order valence-electron chi connectivity index (χ3n) is 1.16. The van der Waals surface area contributed by atoms with Crippen molar-refractivity contribution in [1.29, 1.82) is 0 Å². The fraction of sp³-hybridized carbons (Fsp3) is 0.250. The Morgan fingerprint density at radius 2 is 2.35 bits per heavy atom. The molecule has 9 nitrogen and oxygen atoms in total. The van der Waals surface area contributed by atoms with Gasteiger partial charge in [-0.1, -0.05) is 0 Å². The summed E-state index contributed by atoms with van der Waals surface area (Å²) in [5, 5.41) is 21.1. The van der Waals surface area contributed by atoms with Crippen LogP contribution in [0.5, 0.6) is 0 Å². The van der Waals surface area contributed by atoms with E-state index in [0.717, 1.165) is 6.21 Å². The van der Waals surface area contributed by atoms with Gasteiger partial charge >= 0.3 is 11.9 Å². The Hall–Kier alpha value is -2.42. The maximum absolute atomic E-state index is 10.2. The van der Waals surface area contributed by atoms with Crippen LogP contribution in [0.3, 0.4) is 0 Å². The van der Waals surface area contributed by atoms with Crippen molar-refractivity contribution in [3.63, 3.8) is 0 Å². The summed E-state index contributed by atoms with van der Waals surface area (Å²) >= 11 is 0. The summed E-state index contributed by atoms with van der Waals surface area (Å²) in [4.78, 5) is 19.7. The first kappa shape index (κ1) is 14.6. The van der Waals surface area contributed by atoms with Gasteiger partial charge in [-0.05, 0) is 13.0 Å². The number of primary amides is 1. The van der Waals surface area contributed by atoms with Crippen LogP contribution in [-0.2, 0) is 0 Å². The third-order valence-corrected chi connectivity index (χ3v) is 1.16. The summed E-state index contributed by atoms with van der Waals surface area (Å²) in [6.07, 6.45) is 1.10. The molecule has 17 heavy (non-hydrogen) atoms. The quantitative estimate of drug-likeness (QED) is 0.394. The number of nitrogens with zero attached hydrogens (tertiary/aromatic N) is 2. The first-order valence-corrected chi connectivity index (χ1v) is 4.44. The van der Waals surface area contributed by atoms with E-state index < -0.39 is 16.8 Å². The Morgan fingerprint density at radius 3 is 2.76 bits per heavy atom. The number of nitro groups is 1. The van der Waals surface area contributed by atoms with Crippen molar-refractivity contribution in [2.24, 2.45) is 10.8 Å². The Morgan fingerprint density at radius 1 is 1.76 bits per heavy atom. The van der Waals surface area contributed by atoms with Crippen molar-refractivity contribution in [1.82, 2.24) is 5.43 Å². The van der Waals surface area contributed by atoms with E-state index in [2.05, 4.69) is 9.52 Å². The molecule has 1 heterocycles. The molecular weight excluding hydrogens is 232 g/mol. The van der Waals surface area contributed by atoms with Gasteiger partial charge in [0, 0.05) is 6.61 Å². The van der Waals surface area contributed by atoms with E-state index in [-0.39, 0.29) is 12.4 Å². The number of carbonyl (C=O) groups is 1. The molecule has 2 amide bonds. The Labute approximate surface area is 96.1 Å². The Kier molecular flexibility index (Phi) is 6.71. The van der Waals surface area contributed by atoms with E-state index in [4.69, 9.17) is 10.8 Å². The lowest BCUT2D eigenvalue weighted by Crippen LogP contribution is -2.24. The summed E-state index contributed by atoms with van der Waals surface area (Å²) < 4.78 is 4.69. The van der Waals surface area contributed by atoms with E-state index in [1.54, 1.807) is 6.92 Å². The number of aliphatic hydroxyl groups excluding tert-OH is 1. The van der Waals surface area contributed by atoms with E-state index in [1.165, 1.54) is 12.1 Å². The molecule has 0 saturated heterocycles. The second kappa shape index (κ2) is 7.82. The van der Waals surface area contributed by atoms with Crippen molar-refractivity contribution < 1.29 is 19.2 Å². The molecule has 0 unspecified atom stereocenters. The molecule has 9 heteroatoms. The molecule has 4 N–H and O–H groups in total. The molecule has 1 rings (SSSR count). The van der Waals surface area contributed by atoms with Gasteiger partial charge in [-0.25, -0.2) is 10.2 Å². The maximum Gasteiger partial charge on any atom is 0.433 e. The van der Waals surface area contributed by atoms with Gasteiger partial charge in [0.25, 0.3) is 0 Å². The highest BCUT2D eigenvalue weighted by molar-refractivity contribution is 5.78. The minimum atomic E-state index is -0.831. The molecule has 0 aliphatic heterocycles. The first-order chi connectivity index (χ1) is 8.01. The first-order valence-electron chi connectivity index (χ1n) is 4.44. The number of hydrogen-bond donors (Lipinski definition) is 3. The van der Waals surface area contributed by atoms with Gasteiger partial charge in [-0.3, -0.25) is 10.1 Å². The van der Waals surface area contributed by atoms with Crippen LogP contribution in [0, 0.1) is 10.1 Å². The summed E-state index contributed by atoms with van der Waals surface area (Å²) in [7, 11) is 0. The Bertz CT molecular complexity index is 400. The summed E-state index contributed by atoms with van der Waals surface area (Å²) in [6.45, 7) is 1.93. The molecule has 0 atom stereocenters. The number of amides is 2. The number of rotatable bonds is 3. The fourth-order valence-electron chi connectivity index (χ4n) is 0.669. The summed E-state index contributed by atoms with van der Waals surface area (Å²) in [5.74, 6) is -0.254. The van der Waals surface area contributed by atoms with Crippen LogP contribution < -0.4 is 11.2 Å². The second-order valence-electron chi connectivity index (χ2n) is 2.48. The van der Waals surface area contributed by atoms with Crippen LogP contribution in [0.25, 0.3) is 0 Å². The average Bonchev–Trinajstić information content (AvgIpc) is 2.67. The van der Waals surface area contributed by atoms with Gasteiger partial charge in [-0.15, -0.1) is 0 Å². The zero-order valence-corrected chi connectivity index (χ0v) is 8.99. The number of aliphatic hydroxyl groups is 1. The third kappa shape index (κ3) is 6.62. The molecule has 0 radical (unpaired) electrons. The lowest BCUT2D eigenvalue weighted by atomic mass is 10.5. The van der Waals surface area contributed by atoms with Crippen molar-refractivity contribution in [2.45, 2.75) is 6.92 Å². The standard InChI is InChI=1S/C6H6N4O4.C2H6O/c7-6(11)9-8-3-4-1-2-5(14-4)10(12)13;1-2-3/h1-3H,(H3,7,9,11);3H,2H2,1H3/b8-3+;. The lowest BCUT2D eigenvalue weighted by Gasteiger charge is -1.88. The maximum atomic E-state index is 10.2. The van der Waals surface area contributed by atoms with E-state index in [9.17, 15) is 14.9 Å². The van der Waals surface area contributed by atoms with Crippen molar-refractivity contribution >= 4 is 18.1 Å². The number of nitrogens with two attached hydrogens (primary N) is 1. The predicted octanol–water partition coefficient (Wildman–Crippen LogP) is 0.189. The molecule has 0 spiro atoms. The lowest BCUT2D eigenvalue weighted by molar-refractivity contribution is -0.402. The largest absolute Gasteiger partial charge is 0.433 e. The van der Waals surface area contributed by atoms with Crippen LogP contribution in [0.1, 0.15) is 12.7 Å². The zero-order chi connectivity index (χ0) is 13.3. The van der Waals surface area contributed by atoms with Crippen LogP contribution >= 0.6 is 0 Å². The molecule has 0 aliphatic carbocycles. The minimum Gasteiger partial charge on any atom is -0.400 e. The molecule has 0 saturated carbocycles. The van der Waals surface area contributed by atoms with Crippen molar-refractivity contribution in [2.75, 3.05) is 6.61 Å². The van der Waals surface area contributed by atoms with Gasteiger partial charge in [0.15, 0.2) is 5.76 Å². The monoisotopic (exact) mass is 244 g/mol. The van der Waals surface area contributed by atoms with Gasteiger partial charge in [0.1, 0.15) is 4.92 Å². The zero-order valence-electron chi connectivity index (χ0n) is 8.99. The van der Waals surface area contributed by atoms with Crippen LogP contribution in [0.15, 0.2) is 21.7 Å². The Balaban J connectivity index is 0.000000770. The molecule has 1 aromatic heterocycles. The number of hydrazone groups is 1. The van der Waals surface area contributed by atoms with E-state index >= 15 is 0 Å². The highest BCUT2D eigenvalue weighted by Gasteiger charge is 2.09. The van der Waals surface area contributed by atoms with E-state index in [1.807, 2.05) is 5.43 Å². The van der Waals surface area contributed by atoms with Gasteiger partial charge < -0.3 is 15.3 Å². The second-order valence-corrected chi connectivity index (χ2v) is 2.48. The number of nitrogens with one attached hydrogen (secondary N) is 1. The molecule has 0 fully saturated rings. The number of furan rings is 1. The van der Waals surface area contributed by atoms with Gasteiger partial charge in [0.05, 0.1) is 12.3 Å². The molecule has 1 aromatic rings. The summed E-state index contributed by atoms with van der Waals surface area (Å²) in [5.41, 5.74) is 6.62. The average molecular weight is 244 g/mol. The molecule has 0 aliphatic rings. The van der Waals surface area contributed by atoms with Gasteiger partial charge in [0.2, 0.25) is 0 Å². The number of urea groups is 1.